The van der Waals surface area contributed by atoms with Crippen molar-refractivity contribution in [3.63, 3.8) is 0 Å². The molecule has 1 fully saturated rings. The lowest BCUT2D eigenvalue weighted by Crippen LogP contribution is -2.63. The number of hydrogen-bond donors (Lipinski definition) is 4. The highest BCUT2D eigenvalue weighted by Crippen LogP contribution is 2.08. The average Bonchev–Trinajstić information content (AvgIpc) is 2.21. The Balaban J connectivity index is 2.88. The number of amidine groups is 1. The van der Waals surface area contributed by atoms with Crippen molar-refractivity contribution in [3.8, 4) is 0 Å². The summed E-state index contributed by atoms with van der Waals surface area (Å²) in [7, 11) is 0. The van der Waals surface area contributed by atoms with Crippen LogP contribution >= 0.6 is 12.2 Å². The molecule has 1 unspecified atom stereocenters. The third-order valence-corrected chi connectivity index (χ3v) is 2.18. The molecule has 0 aromatic heterocycles. The number of rotatable bonds is 3. The highest BCUT2D eigenvalue weighted by Gasteiger charge is 2.35. The van der Waals surface area contributed by atoms with Crippen LogP contribution in [0.1, 0.15) is 6.42 Å². The van der Waals surface area contributed by atoms with Crippen molar-refractivity contribution in [1.82, 2.24) is 15.8 Å². The summed E-state index contributed by atoms with van der Waals surface area (Å²) in [6, 6.07) is -1.23. The molecule has 0 radical (unpaired) electrons. The highest BCUT2D eigenvalue weighted by atomic mass is 32.1. The molecule has 0 aromatic carbocycles. The van der Waals surface area contributed by atoms with Crippen molar-refractivity contribution in [2.24, 2.45) is 0 Å². The van der Waals surface area contributed by atoms with Crippen molar-refractivity contribution in [2.75, 3.05) is 0 Å². The Hall–Kier alpha value is -2.25. The molecule has 0 bridgehead atoms. The first-order chi connectivity index (χ1) is 7.95. The maximum atomic E-state index is 11.1. The molecule has 1 heterocycles. The number of carboxylic acids is 1. The number of aliphatic carboxylic acids is 1. The molecular formula is C8H8N4O4S. The van der Waals surface area contributed by atoms with E-state index in [4.69, 9.17) is 22.7 Å². The quantitative estimate of drug-likeness (QED) is 0.208. The van der Waals surface area contributed by atoms with Gasteiger partial charge in [0.1, 0.15) is 11.8 Å². The third kappa shape index (κ3) is 3.10. The van der Waals surface area contributed by atoms with E-state index in [0.29, 0.717) is 0 Å². The summed E-state index contributed by atoms with van der Waals surface area (Å²) in [6.45, 7) is 0. The minimum Gasteiger partial charge on any atom is -0.480 e. The van der Waals surface area contributed by atoms with Crippen LogP contribution in [0.25, 0.3) is 0 Å². The molecule has 0 saturated carbocycles. The first-order valence-electron chi connectivity index (χ1n) is 4.37. The first-order valence-corrected chi connectivity index (χ1v) is 4.78. The van der Waals surface area contributed by atoms with Gasteiger partial charge in [0.15, 0.2) is 11.2 Å². The maximum absolute atomic E-state index is 11.1. The van der Waals surface area contributed by atoms with Gasteiger partial charge < -0.3 is 10.4 Å². The van der Waals surface area contributed by atoms with Crippen LogP contribution in [0, 0.1) is 5.41 Å². The van der Waals surface area contributed by atoms with Gasteiger partial charge in [0.05, 0.1) is 12.5 Å². The van der Waals surface area contributed by atoms with Crippen molar-refractivity contribution in [3.05, 3.63) is 6.08 Å². The summed E-state index contributed by atoms with van der Waals surface area (Å²) in [6.07, 6.45) is 0.457. The van der Waals surface area contributed by atoms with Crippen LogP contribution in [0.3, 0.4) is 0 Å². The Morgan fingerprint density at radius 1 is 1.76 bits per heavy atom. The minimum absolute atomic E-state index is 0.169. The Bertz CT molecular complexity index is 443. The van der Waals surface area contributed by atoms with E-state index < -0.39 is 17.9 Å². The molecule has 4 N–H and O–H groups in total. The molecule has 8 nitrogen and oxygen atoms in total. The zero-order chi connectivity index (χ0) is 13.0. The monoisotopic (exact) mass is 256 g/mol. The highest BCUT2D eigenvalue weighted by molar-refractivity contribution is 7.80. The SMILES string of the molecule is N=C(C=C=O)NN1C(=S)NC(=O)CC1C(=O)O. The second kappa shape index (κ2) is 5.19. The van der Waals surface area contributed by atoms with E-state index in [9.17, 15) is 14.4 Å². The van der Waals surface area contributed by atoms with Gasteiger partial charge in [0.25, 0.3) is 0 Å². The fraction of sp³-hybridized carbons (Fsp3) is 0.250. The molecule has 17 heavy (non-hydrogen) atoms. The lowest BCUT2D eigenvalue weighted by atomic mass is 10.1. The lowest BCUT2D eigenvalue weighted by Gasteiger charge is -2.34. The fourth-order valence-electron chi connectivity index (χ4n) is 1.19. The Morgan fingerprint density at radius 2 is 2.41 bits per heavy atom. The number of hydrazine groups is 1. The van der Waals surface area contributed by atoms with Crippen molar-refractivity contribution < 1.29 is 19.5 Å². The number of nitrogens with one attached hydrogen (secondary N) is 3. The molecule has 1 atom stereocenters. The molecule has 1 aliphatic heterocycles. The van der Waals surface area contributed by atoms with Gasteiger partial charge in [-0.15, -0.1) is 0 Å². The third-order valence-electron chi connectivity index (χ3n) is 1.88. The van der Waals surface area contributed by atoms with E-state index >= 15 is 0 Å². The molecular weight excluding hydrogens is 248 g/mol. The topological polar surface area (TPSA) is 123 Å². The number of carbonyl (C=O) groups is 2. The second-order valence-electron chi connectivity index (χ2n) is 3.07. The summed E-state index contributed by atoms with van der Waals surface area (Å²) >= 11 is 4.76. The number of carbonyl (C=O) groups excluding carboxylic acids is 2. The van der Waals surface area contributed by atoms with Crippen LogP contribution in [-0.4, -0.2) is 44.9 Å². The molecule has 0 aromatic rings. The van der Waals surface area contributed by atoms with E-state index in [1.165, 1.54) is 5.94 Å². The predicted octanol–water partition coefficient (Wildman–Crippen LogP) is -1.58. The normalized spacial score (nSPS) is 19.1. The first kappa shape index (κ1) is 12.8. The molecule has 1 aliphatic rings. The van der Waals surface area contributed by atoms with Gasteiger partial charge in [-0.1, -0.05) is 0 Å². The van der Waals surface area contributed by atoms with E-state index in [2.05, 4.69) is 10.7 Å². The van der Waals surface area contributed by atoms with Gasteiger partial charge in [-0.05, 0) is 12.2 Å². The van der Waals surface area contributed by atoms with Crippen molar-refractivity contribution >= 4 is 41.0 Å². The van der Waals surface area contributed by atoms with Crippen LogP contribution in [0.2, 0.25) is 0 Å². The predicted molar refractivity (Wildman–Crippen MR) is 59.7 cm³/mol. The smallest absolute Gasteiger partial charge is 0.329 e. The van der Waals surface area contributed by atoms with Crippen LogP contribution < -0.4 is 10.7 Å². The number of thiocarbonyl (C=S) groups is 1. The average molecular weight is 256 g/mol. The maximum Gasteiger partial charge on any atom is 0.329 e. The minimum atomic E-state index is -1.27. The van der Waals surface area contributed by atoms with E-state index in [-0.39, 0.29) is 17.4 Å². The lowest BCUT2D eigenvalue weighted by molar-refractivity contribution is -0.145. The molecule has 0 spiro atoms. The van der Waals surface area contributed by atoms with Gasteiger partial charge >= 0.3 is 5.97 Å². The van der Waals surface area contributed by atoms with Gasteiger partial charge in [-0.3, -0.25) is 15.6 Å². The largest absolute Gasteiger partial charge is 0.480 e. The van der Waals surface area contributed by atoms with Gasteiger partial charge in [-0.25, -0.2) is 14.6 Å². The van der Waals surface area contributed by atoms with Crippen LogP contribution in [0.15, 0.2) is 6.08 Å². The number of nitrogens with zero attached hydrogens (tertiary/aromatic N) is 1. The molecule has 0 aliphatic carbocycles. The summed E-state index contributed by atoms with van der Waals surface area (Å²) in [4.78, 5) is 32.0. The van der Waals surface area contributed by atoms with Gasteiger partial charge in [0, 0.05) is 0 Å². The summed E-state index contributed by atoms with van der Waals surface area (Å²) in [5.74, 6) is -0.808. The zero-order valence-corrected chi connectivity index (χ0v) is 9.21. The zero-order valence-electron chi connectivity index (χ0n) is 8.39. The number of hydrogen-bond acceptors (Lipinski definition) is 5. The van der Waals surface area contributed by atoms with E-state index in [0.717, 1.165) is 11.1 Å². The van der Waals surface area contributed by atoms with Gasteiger partial charge in [0.2, 0.25) is 5.91 Å². The molecule has 1 rings (SSSR count). The molecule has 9 heteroatoms. The Kier molecular flexibility index (Phi) is 3.91. The summed E-state index contributed by atoms with van der Waals surface area (Å²) in [5.41, 5.74) is 2.28. The summed E-state index contributed by atoms with van der Waals surface area (Å²) < 4.78 is 0. The molecule has 90 valence electrons. The molecule has 1 saturated heterocycles. The van der Waals surface area contributed by atoms with Crippen molar-refractivity contribution in [2.45, 2.75) is 12.5 Å². The number of amides is 1. The van der Waals surface area contributed by atoms with E-state index in [1.54, 1.807) is 0 Å². The standard InChI is InChI=1S/C8H8N4O4S/c9-5(1-2-13)11-12-4(7(15)16)3-6(14)10-8(12)17/h1,4H,3H2,(H2,9,11)(H,15,16)(H,10,14,17). The van der Waals surface area contributed by atoms with Crippen molar-refractivity contribution in [1.29, 1.82) is 5.41 Å². The van der Waals surface area contributed by atoms with E-state index in [1.807, 2.05) is 0 Å². The summed E-state index contributed by atoms with van der Waals surface area (Å²) in [5, 5.41) is 19.2. The molecule has 1 amide bonds. The van der Waals surface area contributed by atoms with Crippen LogP contribution in [0.5, 0.6) is 0 Å². The van der Waals surface area contributed by atoms with Gasteiger partial charge in [-0.2, -0.15) is 0 Å². The Morgan fingerprint density at radius 3 is 2.94 bits per heavy atom. The second-order valence-corrected chi connectivity index (χ2v) is 3.46. The Labute approximate surface area is 101 Å². The fourth-order valence-corrected chi connectivity index (χ4v) is 1.47. The van der Waals surface area contributed by atoms with Crippen LogP contribution in [-0.2, 0) is 14.4 Å². The number of carboxylic acid groups (broad SMARTS) is 1. The van der Waals surface area contributed by atoms with Crippen LogP contribution in [0.4, 0.5) is 0 Å².